The Morgan fingerprint density at radius 2 is 1.95 bits per heavy atom. The zero-order valence-electron chi connectivity index (χ0n) is 12.3. The Balaban J connectivity index is 2.33. The topological polar surface area (TPSA) is 26.3 Å². The molecule has 0 atom stereocenters. The quantitative estimate of drug-likeness (QED) is 0.767. The Hall–Kier alpha value is -1.31. The van der Waals surface area contributed by atoms with E-state index in [1.54, 1.807) is 0 Å². The fourth-order valence-electron chi connectivity index (χ4n) is 3.23. The van der Waals surface area contributed by atoms with Gasteiger partial charge in [-0.25, -0.2) is 0 Å². The van der Waals surface area contributed by atoms with E-state index in [9.17, 15) is 4.79 Å². The number of aryl methyl sites for hydroxylation is 2. The van der Waals surface area contributed by atoms with E-state index >= 15 is 0 Å². The molecule has 1 aliphatic carbocycles. The zero-order chi connectivity index (χ0) is 13.8. The predicted octanol–water partition coefficient (Wildman–Crippen LogP) is 3.93. The predicted molar refractivity (Wildman–Crippen MR) is 77.5 cm³/mol. The molecule has 0 unspecified atom stereocenters. The monoisotopic (exact) mass is 260 g/mol. The summed E-state index contributed by atoms with van der Waals surface area (Å²) in [6.07, 6.45) is 6.64. The van der Waals surface area contributed by atoms with Gasteiger partial charge in [-0.2, -0.15) is 0 Å². The Bertz CT molecular complexity index is 457. The minimum absolute atomic E-state index is 0.143. The van der Waals surface area contributed by atoms with E-state index in [1.165, 1.54) is 49.5 Å². The van der Waals surface area contributed by atoms with Gasteiger partial charge in [0.25, 0.3) is 0 Å². The van der Waals surface area contributed by atoms with Crippen LogP contribution in [-0.2, 0) is 22.4 Å². The first-order chi connectivity index (χ1) is 9.15. The molecular weight excluding hydrogens is 236 g/mol. The van der Waals surface area contributed by atoms with Gasteiger partial charge in [0.2, 0.25) is 0 Å². The average molecular weight is 260 g/mol. The molecular formula is C17H24O2. The molecule has 2 nitrogen and oxygen atoms in total. The van der Waals surface area contributed by atoms with Crippen molar-refractivity contribution in [2.45, 2.75) is 58.3 Å². The smallest absolute Gasteiger partial charge is 0.309 e. The molecule has 19 heavy (non-hydrogen) atoms. The number of ether oxygens (including phenoxy) is 1. The number of methoxy groups -OCH3 is 1. The molecule has 1 aromatic carbocycles. The number of carbonyl (C=O) groups is 1. The van der Waals surface area contributed by atoms with Crippen LogP contribution >= 0.6 is 0 Å². The Morgan fingerprint density at radius 1 is 1.26 bits per heavy atom. The van der Waals surface area contributed by atoms with Crippen LogP contribution in [0.25, 0.3) is 0 Å². The van der Waals surface area contributed by atoms with Crippen molar-refractivity contribution in [1.29, 1.82) is 0 Å². The van der Waals surface area contributed by atoms with Crippen molar-refractivity contribution in [2.75, 3.05) is 7.11 Å². The van der Waals surface area contributed by atoms with Gasteiger partial charge >= 0.3 is 5.97 Å². The van der Waals surface area contributed by atoms with Crippen LogP contribution < -0.4 is 0 Å². The van der Waals surface area contributed by atoms with Crippen LogP contribution in [-0.4, -0.2) is 13.1 Å². The molecule has 2 rings (SSSR count). The molecule has 0 bridgehead atoms. The molecule has 0 N–H and O–H groups in total. The van der Waals surface area contributed by atoms with Crippen LogP contribution in [0.15, 0.2) is 12.1 Å². The van der Waals surface area contributed by atoms with E-state index in [0.717, 1.165) is 12.0 Å². The first kappa shape index (κ1) is 14.1. The highest BCUT2D eigenvalue weighted by molar-refractivity contribution is 5.73. The summed E-state index contributed by atoms with van der Waals surface area (Å²) >= 11 is 0. The van der Waals surface area contributed by atoms with Gasteiger partial charge in [0.15, 0.2) is 0 Å². The third kappa shape index (κ3) is 3.17. The van der Waals surface area contributed by atoms with Gasteiger partial charge in [0.1, 0.15) is 0 Å². The summed E-state index contributed by atoms with van der Waals surface area (Å²) in [7, 11) is 1.46. The lowest BCUT2D eigenvalue weighted by Gasteiger charge is -2.17. The lowest BCUT2D eigenvalue weighted by molar-refractivity contribution is -0.139. The van der Waals surface area contributed by atoms with E-state index in [1.807, 2.05) is 0 Å². The second-order valence-corrected chi connectivity index (χ2v) is 5.57. The maximum atomic E-state index is 11.5. The first-order valence-electron chi connectivity index (χ1n) is 7.34. The zero-order valence-corrected chi connectivity index (χ0v) is 12.3. The van der Waals surface area contributed by atoms with Crippen LogP contribution in [0.2, 0.25) is 0 Å². The summed E-state index contributed by atoms with van der Waals surface area (Å²) in [5, 5.41) is 0. The van der Waals surface area contributed by atoms with Gasteiger partial charge in [-0.1, -0.05) is 31.9 Å². The van der Waals surface area contributed by atoms with Crippen LogP contribution in [0.3, 0.4) is 0 Å². The van der Waals surface area contributed by atoms with Crippen molar-refractivity contribution in [3.63, 3.8) is 0 Å². The van der Waals surface area contributed by atoms with Crippen molar-refractivity contribution in [2.24, 2.45) is 0 Å². The molecule has 0 aliphatic heterocycles. The normalized spacial score (nSPS) is 15.7. The van der Waals surface area contributed by atoms with E-state index in [-0.39, 0.29) is 5.97 Å². The lowest BCUT2D eigenvalue weighted by Crippen LogP contribution is -2.09. The minimum Gasteiger partial charge on any atom is -0.469 e. The summed E-state index contributed by atoms with van der Waals surface area (Å²) in [5.74, 6) is 0.554. The Kier molecular flexibility index (Phi) is 4.62. The summed E-state index contributed by atoms with van der Waals surface area (Å²) in [5.41, 5.74) is 5.28. The fourth-order valence-corrected chi connectivity index (χ4v) is 3.23. The van der Waals surface area contributed by atoms with Crippen molar-refractivity contribution in [1.82, 2.24) is 0 Å². The highest BCUT2D eigenvalue weighted by Crippen LogP contribution is 2.36. The molecule has 0 heterocycles. The Labute approximate surface area is 116 Å². The van der Waals surface area contributed by atoms with Crippen molar-refractivity contribution in [3.05, 3.63) is 34.4 Å². The van der Waals surface area contributed by atoms with Gasteiger partial charge in [-0.3, -0.25) is 4.79 Å². The van der Waals surface area contributed by atoms with Gasteiger partial charge < -0.3 is 4.74 Å². The molecule has 2 heteroatoms. The standard InChI is InChI=1S/C17H24O2/c1-4-13-9-12(2)16(14-7-5-6-8-14)10-15(13)11-17(18)19-3/h9-10,14H,4-8,11H2,1-3H3. The fraction of sp³-hybridized carbons (Fsp3) is 0.588. The number of hydrogen-bond donors (Lipinski definition) is 0. The summed E-state index contributed by atoms with van der Waals surface area (Å²) in [6, 6.07) is 4.53. The molecule has 1 aliphatic rings. The molecule has 0 radical (unpaired) electrons. The van der Waals surface area contributed by atoms with Gasteiger partial charge in [0, 0.05) is 0 Å². The van der Waals surface area contributed by atoms with Crippen molar-refractivity contribution >= 4 is 5.97 Å². The third-order valence-corrected chi connectivity index (χ3v) is 4.33. The number of hydrogen-bond acceptors (Lipinski definition) is 2. The van der Waals surface area contributed by atoms with E-state index < -0.39 is 0 Å². The van der Waals surface area contributed by atoms with E-state index in [0.29, 0.717) is 12.3 Å². The number of carbonyl (C=O) groups excluding carboxylic acids is 1. The van der Waals surface area contributed by atoms with Crippen LogP contribution in [0.1, 0.15) is 60.8 Å². The highest BCUT2D eigenvalue weighted by Gasteiger charge is 2.20. The highest BCUT2D eigenvalue weighted by atomic mass is 16.5. The molecule has 1 fully saturated rings. The molecule has 0 amide bonds. The molecule has 1 saturated carbocycles. The van der Waals surface area contributed by atoms with Crippen molar-refractivity contribution in [3.8, 4) is 0 Å². The Morgan fingerprint density at radius 3 is 2.53 bits per heavy atom. The third-order valence-electron chi connectivity index (χ3n) is 4.33. The average Bonchev–Trinajstić information content (AvgIpc) is 2.93. The van der Waals surface area contributed by atoms with Crippen LogP contribution in [0.4, 0.5) is 0 Å². The van der Waals surface area contributed by atoms with E-state index in [2.05, 4.69) is 26.0 Å². The maximum Gasteiger partial charge on any atom is 0.309 e. The summed E-state index contributed by atoms with van der Waals surface area (Å²) in [6.45, 7) is 4.35. The van der Waals surface area contributed by atoms with Gasteiger partial charge in [0.05, 0.1) is 13.5 Å². The largest absolute Gasteiger partial charge is 0.469 e. The van der Waals surface area contributed by atoms with Crippen molar-refractivity contribution < 1.29 is 9.53 Å². The molecule has 0 saturated heterocycles. The second kappa shape index (κ2) is 6.23. The van der Waals surface area contributed by atoms with Crippen LogP contribution in [0.5, 0.6) is 0 Å². The first-order valence-corrected chi connectivity index (χ1v) is 7.34. The van der Waals surface area contributed by atoms with Gasteiger partial charge in [-0.05, 0) is 54.4 Å². The number of rotatable bonds is 4. The number of benzene rings is 1. The maximum absolute atomic E-state index is 11.5. The number of esters is 1. The van der Waals surface area contributed by atoms with Crippen LogP contribution in [0, 0.1) is 6.92 Å². The molecule has 0 aromatic heterocycles. The SMILES string of the molecule is CCc1cc(C)c(C2CCCC2)cc1CC(=O)OC. The summed E-state index contributed by atoms with van der Waals surface area (Å²) in [4.78, 5) is 11.5. The van der Waals surface area contributed by atoms with Gasteiger partial charge in [-0.15, -0.1) is 0 Å². The van der Waals surface area contributed by atoms with E-state index in [4.69, 9.17) is 4.74 Å². The lowest BCUT2D eigenvalue weighted by atomic mass is 9.88. The molecule has 0 spiro atoms. The second-order valence-electron chi connectivity index (χ2n) is 5.57. The molecule has 104 valence electrons. The molecule has 1 aromatic rings. The minimum atomic E-state index is -0.143. The summed E-state index contributed by atoms with van der Waals surface area (Å²) < 4.78 is 4.81.